The minimum absolute atomic E-state index is 0.243. The van der Waals surface area contributed by atoms with E-state index in [0.29, 0.717) is 12.0 Å². The Morgan fingerprint density at radius 3 is 2.87 bits per heavy atom. The first-order chi connectivity index (χ1) is 7.26. The lowest BCUT2D eigenvalue weighted by Gasteiger charge is -2.03. The van der Waals surface area contributed by atoms with Crippen molar-refractivity contribution < 1.29 is 8.78 Å². The molecule has 0 unspecified atom stereocenters. The smallest absolute Gasteiger partial charge is 0.115 e. The van der Waals surface area contributed by atoms with Crippen molar-refractivity contribution in [2.45, 2.75) is 19.3 Å². The molecule has 0 fully saturated rings. The quantitative estimate of drug-likeness (QED) is 0.692. The van der Waals surface area contributed by atoms with Crippen molar-refractivity contribution in [2.75, 3.05) is 20.3 Å². The number of nitrogens with one attached hydrogen (secondary N) is 1. The molecule has 0 aromatic rings. The molecule has 84 valence electrons. The van der Waals surface area contributed by atoms with Gasteiger partial charge in [0.15, 0.2) is 0 Å². The van der Waals surface area contributed by atoms with Gasteiger partial charge in [0.05, 0.1) is 0 Å². The van der Waals surface area contributed by atoms with Crippen molar-refractivity contribution in [3.63, 3.8) is 0 Å². The fourth-order valence-electron chi connectivity index (χ4n) is 1.55. The van der Waals surface area contributed by atoms with Crippen LogP contribution in [-0.4, -0.2) is 20.3 Å². The molecule has 0 radical (unpaired) electrons. The van der Waals surface area contributed by atoms with Gasteiger partial charge in [-0.05, 0) is 38.1 Å². The van der Waals surface area contributed by atoms with Crippen LogP contribution in [-0.2, 0) is 0 Å². The number of rotatable bonds is 5. The highest BCUT2D eigenvalue weighted by molar-refractivity contribution is 5.33. The van der Waals surface area contributed by atoms with Crippen LogP contribution in [0.15, 0.2) is 35.2 Å². The minimum Gasteiger partial charge on any atom is -0.320 e. The third-order valence-electron chi connectivity index (χ3n) is 2.35. The first-order valence-corrected chi connectivity index (χ1v) is 5.21. The molecule has 0 atom stereocenters. The van der Waals surface area contributed by atoms with Crippen molar-refractivity contribution >= 4 is 0 Å². The SMILES string of the molecule is CNCCCC1=CC=C(CF)C=C(F)C1. The van der Waals surface area contributed by atoms with Gasteiger partial charge >= 0.3 is 0 Å². The summed E-state index contributed by atoms with van der Waals surface area (Å²) in [5, 5.41) is 3.04. The maximum atomic E-state index is 13.2. The molecule has 15 heavy (non-hydrogen) atoms. The van der Waals surface area contributed by atoms with Crippen molar-refractivity contribution in [3.05, 3.63) is 35.2 Å². The summed E-state index contributed by atoms with van der Waals surface area (Å²) in [5.41, 5.74) is 1.44. The van der Waals surface area contributed by atoms with Crippen LogP contribution in [0.1, 0.15) is 19.3 Å². The Morgan fingerprint density at radius 2 is 2.20 bits per heavy atom. The zero-order chi connectivity index (χ0) is 11.1. The molecule has 0 aromatic carbocycles. The third-order valence-corrected chi connectivity index (χ3v) is 2.35. The number of allylic oxidation sites excluding steroid dienone is 6. The van der Waals surface area contributed by atoms with E-state index in [4.69, 9.17) is 0 Å². The van der Waals surface area contributed by atoms with E-state index in [2.05, 4.69) is 5.32 Å². The van der Waals surface area contributed by atoms with E-state index in [1.54, 1.807) is 6.08 Å². The second-order valence-corrected chi connectivity index (χ2v) is 3.68. The lowest BCUT2D eigenvalue weighted by molar-refractivity contribution is 0.544. The van der Waals surface area contributed by atoms with E-state index in [9.17, 15) is 8.78 Å². The summed E-state index contributed by atoms with van der Waals surface area (Å²) in [5.74, 6) is -0.243. The lowest BCUT2D eigenvalue weighted by Crippen LogP contribution is -2.07. The van der Waals surface area contributed by atoms with Crippen molar-refractivity contribution in [1.82, 2.24) is 5.32 Å². The Labute approximate surface area is 89.6 Å². The number of alkyl halides is 1. The molecule has 0 aliphatic heterocycles. The van der Waals surface area contributed by atoms with Crippen LogP contribution >= 0.6 is 0 Å². The van der Waals surface area contributed by atoms with E-state index >= 15 is 0 Å². The maximum absolute atomic E-state index is 13.2. The van der Waals surface area contributed by atoms with Crippen LogP contribution < -0.4 is 5.32 Å². The van der Waals surface area contributed by atoms with Gasteiger partial charge in [0, 0.05) is 6.42 Å². The summed E-state index contributed by atoms with van der Waals surface area (Å²) in [6.07, 6.45) is 6.97. The van der Waals surface area contributed by atoms with Crippen molar-refractivity contribution in [3.8, 4) is 0 Å². The lowest BCUT2D eigenvalue weighted by atomic mass is 10.1. The Kier molecular flexibility index (Phi) is 5.26. The Hall–Kier alpha value is -0.960. The average Bonchev–Trinajstić information content (AvgIpc) is 2.40. The summed E-state index contributed by atoms with van der Waals surface area (Å²) in [6.45, 7) is 0.316. The molecular weight excluding hydrogens is 196 g/mol. The second kappa shape index (κ2) is 6.51. The predicted molar refractivity (Wildman–Crippen MR) is 59.1 cm³/mol. The number of hydrogen-bond acceptors (Lipinski definition) is 1. The van der Waals surface area contributed by atoms with Gasteiger partial charge in [0.1, 0.15) is 12.5 Å². The number of halogens is 2. The first-order valence-electron chi connectivity index (χ1n) is 5.21. The van der Waals surface area contributed by atoms with Crippen LogP contribution in [0.4, 0.5) is 8.78 Å². The fraction of sp³-hybridized carbons (Fsp3) is 0.500. The van der Waals surface area contributed by atoms with Gasteiger partial charge in [-0.2, -0.15) is 0 Å². The molecule has 0 aromatic heterocycles. The summed E-state index contributed by atoms with van der Waals surface area (Å²) in [7, 11) is 1.89. The highest BCUT2D eigenvalue weighted by Crippen LogP contribution is 2.22. The van der Waals surface area contributed by atoms with Crippen molar-refractivity contribution in [2.24, 2.45) is 0 Å². The van der Waals surface area contributed by atoms with Gasteiger partial charge in [-0.15, -0.1) is 0 Å². The van der Waals surface area contributed by atoms with Crippen LogP contribution in [0, 0.1) is 0 Å². The summed E-state index contributed by atoms with van der Waals surface area (Å²) in [4.78, 5) is 0. The zero-order valence-electron chi connectivity index (χ0n) is 9.02. The Morgan fingerprint density at radius 1 is 1.40 bits per heavy atom. The molecule has 3 heteroatoms. The van der Waals surface area contributed by atoms with Crippen LogP contribution in [0.3, 0.4) is 0 Å². The molecule has 1 nitrogen and oxygen atoms in total. The van der Waals surface area contributed by atoms with Gasteiger partial charge in [-0.3, -0.25) is 0 Å². The van der Waals surface area contributed by atoms with Gasteiger partial charge in [0.25, 0.3) is 0 Å². The fourth-order valence-corrected chi connectivity index (χ4v) is 1.55. The van der Waals surface area contributed by atoms with Crippen LogP contribution in [0.5, 0.6) is 0 Å². The Bertz CT molecular complexity index is 290. The van der Waals surface area contributed by atoms with E-state index in [1.165, 1.54) is 6.08 Å². The van der Waals surface area contributed by atoms with E-state index < -0.39 is 6.67 Å². The van der Waals surface area contributed by atoms with Gasteiger partial charge in [-0.25, -0.2) is 8.78 Å². The van der Waals surface area contributed by atoms with Crippen molar-refractivity contribution in [1.29, 1.82) is 0 Å². The second-order valence-electron chi connectivity index (χ2n) is 3.68. The average molecular weight is 213 g/mol. The normalized spacial score (nSPS) is 16.6. The third kappa shape index (κ3) is 4.38. The Balaban J connectivity index is 2.56. The highest BCUT2D eigenvalue weighted by Gasteiger charge is 2.06. The van der Waals surface area contributed by atoms with E-state index in [-0.39, 0.29) is 5.83 Å². The largest absolute Gasteiger partial charge is 0.320 e. The van der Waals surface area contributed by atoms with Crippen LogP contribution in [0.2, 0.25) is 0 Å². The highest BCUT2D eigenvalue weighted by atomic mass is 19.1. The van der Waals surface area contributed by atoms with E-state index in [0.717, 1.165) is 25.0 Å². The molecule has 1 aliphatic rings. The molecule has 1 N–H and O–H groups in total. The predicted octanol–water partition coefficient (Wildman–Crippen LogP) is 3.07. The maximum Gasteiger partial charge on any atom is 0.115 e. The molecule has 0 bridgehead atoms. The molecule has 0 saturated carbocycles. The van der Waals surface area contributed by atoms with Gasteiger partial charge in [0.2, 0.25) is 0 Å². The zero-order valence-corrected chi connectivity index (χ0v) is 9.02. The monoisotopic (exact) mass is 213 g/mol. The molecule has 1 aliphatic carbocycles. The molecule has 0 amide bonds. The first kappa shape index (κ1) is 12.1. The van der Waals surface area contributed by atoms with Gasteiger partial charge < -0.3 is 5.32 Å². The standard InChI is InChI=1S/C12H17F2N/c1-15-6-2-3-10-4-5-11(9-13)8-12(14)7-10/h4-5,8,15H,2-3,6-7,9H2,1H3. The molecular formula is C12H17F2N. The van der Waals surface area contributed by atoms with Gasteiger partial charge in [-0.1, -0.05) is 17.7 Å². The summed E-state index contributed by atoms with van der Waals surface area (Å²) >= 11 is 0. The summed E-state index contributed by atoms with van der Waals surface area (Å²) in [6, 6.07) is 0. The molecule has 0 saturated heterocycles. The number of hydrogen-bond donors (Lipinski definition) is 1. The molecule has 0 heterocycles. The van der Waals surface area contributed by atoms with E-state index in [1.807, 2.05) is 13.1 Å². The molecule has 0 spiro atoms. The topological polar surface area (TPSA) is 12.0 Å². The van der Waals surface area contributed by atoms with Crippen LogP contribution in [0.25, 0.3) is 0 Å². The molecule has 1 rings (SSSR count). The summed E-state index contributed by atoms with van der Waals surface area (Å²) < 4.78 is 25.6. The minimum atomic E-state index is -0.603.